The van der Waals surface area contributed by atoms with Gasteiger partial charge in [-0.05, 0) is 145 Å². The van der Waals surface area contributed by atoms with Crippen molar-refractivity contribution in [3.63, 3.8) is 0 Å². The van der Waals surface area contributed by atoms with E-state index in [0.717, 1.165) is 25.7 Å². The Hall–Kier alpha value is -6.18. The lowest BCUT2D eigenvalue weighted by Crippen LogP contribution is -2.36. The molecule has 0 radical (unpaired) electrons. The molecular weight excluding hydrogens is 795 g/mol. The molecule has 2 atom stereocenters. The summed E-state index contributed by atoms with van der Waals surface area (Å²) in [6, 6.07) is 60.9. The van der Waals surface area contributed by atoms with Gasteiger partial charge in [0.1, 0.15) is 0 Å². The number of anilines is 3. The zero-order valence-electron chi connectivity index (χ0n) is 40.4. The SMILES string of the molecule is CC1(C)CCC(C)(C)c2c(-c3cc4c(cc3N(c3ccccc3)c3c(-c5ccccc5)ccc5c3C(C)(C)CCC5(C)C)C(c3ccccc3)(C3C=CC=CC3)c3ccccc3-4)cccc21. The molecule has 330 valence electrons. The first-order chi connectivity index (χ1) is 31.7. The van der Waals surface area contributed by atoms with Crippen LogP contribution in [0.3, 0.4) is 0 Å². The van der Waals surface area contributed by atoms with Gasteiger partial charge in [-0.2, -0.15) is 0 Å². The number of rotatable bonds is 7. The molecule has 7 aromatic carbocycles. The van der Waals surface area contributed by atoms with Gasteiger partial charge >= 0.3 is 0 Å². The number of nitrogens with zero attached hydrogens (tertiary/aromatic N) is 1. The van der Waals surface area contributed by atoms with Crippen LogP contribution in [0.5, 0.6) is 0 Å². The molecule has 0 saturated carbocycles. The topological polar surface area (TPSA) is 3.24 Å². The first-order valence-corrected chi connectivity index (χ1v) is 24.6. The van der Waals surface area contributed by atoms with Crippen molar-refractivity contribution in [1.29, 1.82) is 0 Å². The molecule has 0 aromatic heterocycles. The van der Waals surface area contributed by atoms with Crippen LogP contribution >= 0.6 is 0 Å². The predicted octanol–water partition coefficient (Wildman–Crippen LogP) is 17.6. The zero-order valence-corrected chi connectivity index (χ0v) is 40.4. The zero-order chi connectivity index (χ0) is 45.6. The van der Waals surface area contributed by atoms with E-state index in [4.69, 9.17) is 0 Å². The first kappa shape index (κ1) is 42.5. The van der Waals surface area contributed by atoms with Crippen molar-refractivity contribution in [2.24, 2.45) is 5.92 Å². The minimum atomic E-state index is -0.429. The molecule has 4 aliphatic carbocycles. The lowest BCUT2D eigenvalue weighted by molar-refractivity contribution is 0.332. The smallest absolute Gasteiger partial charge is 0.0580 e. The maximum atomic E-state index is 2.73. The molecule has 2 unspecified atom stereocenters. The standard InChI is InChI=1S/C65H65N/c1-61(2)38-40-63(5,6)58-50(33-23-35-54(58)61)52-42-51-49-32-21-22-34-53(49)65(45-26-15-10-16-27-45,46-28-17-11-18-29-46)56(51)43-57(52)66(47-30-19-12-20-31-47)60-48(44-24-13-9-14-25-44)36-37-55-59(60)64(7,8)41-39-62(55,3)4/h9-28,30-37,42-43,46H,29,38-41H2,1-8H3. The van der Waals surface area contributed by atoms with Crippen molar-refractivity contribution in [2.45, 2.75) is 115 Å². The van der Waals surface area contributed by atoms with E-state index in [9.17, 15) is 0 Å². The molecule has 0 heterocycles. The van der Waals surface area contributed by atoms with Crippen molar-refractivity contribution < 1.29 is 0 Å². The quantitative estimate of drug-likeness (QED) is 0.154. The van der Waals surface area contributed by atoms with E-state index in [-0.39, 0.29) is 27.6 Å². The molecule has 0 amide bonds. The van der Waals surface area contributed by atoms with Gasteiger partial charge in [0.2, 0.25) is 0 Å². The van der Waals surface area contributed by atoms with Gasteiger partial charge in [0, 0.05) is 16.8 Å². The highest BCUT2D eigenvalue weighted by molar-refractivity contribution is 6.00. The van der Waals surface area contributed by atoms with Crippen LogP contribution < -0.4 is 4.90 Å². The molecule has 0 spiro atoms. The van der Waals surface area contributed by atoms with Gasteiger partial charge in [-0.3, -0.25) is 0 Å². The fraction of sp³-hybridized carbons (Fsp3) is 0.292. The molecule has 0 fully saturated rings. The van der Waals surface area contributed by atoms with Crippen molar-refractivity contribution in [2.75, 3.05) is 4.90 Å². The summed E-state index contributed by atoms with van der Waals surface area (Å²) in [5, 5.41) is 0. The molecule has 1 nitrogen and oxygen atoms in total. The number of fused-ring (bicyclic) bond motifs is 5. The van der Waals surface area contributed by atoms with Crippen molar-refractivity contribution in [1.82, 2.24) is 0 Å². The Labute approximate surface area is 395 Å². The van der Waals surface area contributed by atoms with E-state index < -0.39 is 5.41 Å². The van der Waals surface area contributed by atoms with Crippen LogP contribution in [-0.4, -0.2) is 0 Å². The summed E-state index contributed by atoms with van der Waals surface area (Å²) in [5.41, 5.74) is 21.1. The van der Waals surface area contributed by atoms with Crippen LogP contribution in [0, 0.1) is 5.92 Å². The number of allylic oxidation sites excluding steroid dienone is 4. The summed E-state index contributed by atoms with van der Waals surface area (Å²) < 4.78 is 0. The molecule has 11 rings (SSSR count). The Morgan fingerprint density at radius 2 is 1.00 bits per heavy atom. The minimum Gasteiger partial charge on any atom is -0.309 e. The van der Waals surface area contributed by atoms with Crippen molar-refractivity contribution in [3.05, 3.63) is 221 Å². The summed E-state index contributed by atoms with van der Waals surface area (Å²) in [6.45, 7) is 19.9. The summed E-state index contributed by atoms with van der Waals surface area (Å²) in [6.07, 6.45) is 14.9. The average molecular weight is 860 g/mol. The lowest BCUT2D eigenvalue weighted by Gasteiger charge is -2.46. The Morgan fingerprint density at radius 3 is 1.68 bits per heavy atom. The second kappa shape index (κ2) is 15.4. The van der Waals surface area contributed by atoms with E-state index in [0.29, 0.717) is 0 Å². The van der Waals surface area contributed by atoms with Crippen LogP contribution in [-0.2, 0) is 27.1 Å². The van der Waals surface area contributed by atoms with E-state index in [2.05, 4.69) is 242 Å². The first-order valence-electron chi connectivity index (χ1n) is 24.6. The predicted molar refractivity (Wildman–Crippen MR) is 281 cm³/mol. The highest BCUT2D eigenvalue weighted by Gasteiger charge is 2.51. The highest BCUT2D eigenvalue weighted by Crippen LogP contribution is 2.63. The van der Waals surface area contributed by atoms with Crippen LogP contribution in [0.2, 0.25) is 0 Å². The largest absolute Gasteiger partial charge is 0.309 e. The Morgan fingerprint density at radius 1 is 0.424 bits per heavy atom. The average Bonchev–Trinajstić information content (AvgIpc) is 3.62. The third-order valence-corrected chi connectivity index (χ3v) is 16.6. The molecule has 7 aromatic rings. The lowest BCUT2D eigenvalue weighted by atomic mass is 9.61. The monoisotopic (exact) mass is 860 g/mol. The molecule has 66 heavy (non-hydrogen) atoms. The number of hydrogen-bond donors (Lipinski definition) is 0. The Kier molecular flexibility index (Phi) is 9.94. The molecule has 0 bridgehead atoms. The van der Waals surface area contributed by atoms with Gasteiger partial charge in [-0.1, -0.05) is 213 Å². The third-order valence-electron chi connectivity index (χ3n) is 16.6. The van der Waals surface area contributed by atoms with E-state index in [1.165, 1.54) is 95.8 Å². The Balaban J connectivity index is 1.35. The fourth-order valence-corrected chi connectivity index (χ4v) is 13.0. The second-order valence-corrected chi connectivity index (χ2v) is 22.5. The van der Waals surface area contributed by atoms with E-state index in [1.807, 2.05) is 0 Å². The molecule has 1 heteroatoms. The van der Waals surface area contributed by atoms with E-state index in [1.54, 1.807) is 0 Å². The fourth-order valence-electron chi connectivity index (χ4n) is 13.0. The third kappa shape index (κ3) is 6.47. The van der Waals surface area contributed by atoms with Gasteiger partial charge in [-0.25, -0.2) is 0 Å². The van der Waals surface area contributed by atoms with E-state index >= 15 is 0 Å². The van der Waals surface area contributed by atoms with Crippen molar-refractivity contribution in [3.8, 4) is 33.4 Å². The maximum absolute atomic E-state index is 2.73. The van der Waals surface area contributed by atoms with Crippen molar-refractivity contribution >= 4 is 17.1 Å². The molecular formula is C65H65N. The van der Waals surface area contributed by atoms with Crippen LogP contribution in [0.15, 0.2) is 182 Å². The van der Waals surface area contributed by atoms with Crippen LogP contribution in [0.4, 0.5) is 17.1 Å². The summed E-state index contributed by atoms with van der Waals surface area (Å²) >= 11 is 0. The number of benzene rings is 7. The molecule has 0 saturated heterocycles. The highest BCUT2D eigenvalue weighted by atomic mass is 15.2. The van der Waals surface area contributed by atoms with Gasteiger partial charge < -0.3 is 4.90 Å². The Bertz CT molecular complexity index is 3050. The number of para-hydroxylation sites is 1. The second-order valence-electron chi connectivity index (χ2n) is 22.5. The normalized spacial score (nSPS) is 21.3. The maximum Gasteiger partial charge on any atom is 0.0580 e. The van der Waals surface area contributed by atoms with Crippen LogP contribution in [0.25, 0.3) is 33.4 Å². The van der Waals surface area contributed by atoms with Gasteiger partial charge in [0.25, 0.3) is 0 Å². The van der Waals surface area contributed by atoms with Crippen LogP contribution in [0.1, 0.15) is 126 Å². The number of hydrogen-bond acceptors (Lipinski definition) is 1. The summed E-state index contributed by atoms with van der Waals surface area (Å²) in [5.74, 6) is 0.212. The van der Waals surface area contributed by atoms with Gasteiger partial charge in [0.15, 0.2) is 0 Å². The minimum absolute atomic E-state index is 0.0109. The molecule has 0 N–H and O–H groups in total. The summed E-state index contributed by atoms with van der Waals surface area (Å²) in [4.78, 5) is 2.73. The molecule has 0 aliphatic heterocycles. The molecule has 4 aliphatic rings. The summed E-state index contributed by atoms with van der Waals surface area (Å²) in [7, 11) is 0. The van der Waals surface area contributed by atoms with Gasteiger partial charge in [-0.15, -0.1) is 0 Å². The van der Waals surface area contributed by atoms with Gasteiger partial charge in [0.05, 0.1) is 16.8 Å².